The molecular formula is C18H42. The molecule has 1 aliphatic carbocycles. The van der Waals surface area contributed by atoms with E-state index in [9.17, 15) is 0 Å². The van der Waals surface area contributed by atoms with Gasteiger partial charge in [0, 0.05) is 0 Å². The highest BCUT2D eigenvalue weighted by Crippen LogP contribution is 2.31. The van der Waals surface area contributed by atoms with E-state index in [4.69, 9.17) is 0 Å². The van der Waals surface area contributed by atoms with Crippen molar-refractivity contribution in [2.75, 3.05) is 0 Å². The third kappa shape index (κ3) is 24.8. The second kappa shape index (κ2) is 25.6. The topological polar surface area (TPSA) is 0 Å². The summed E-state index contributed by atoms with van der Waals surface area (Å²) in [6.45, 7) is 24.4. The molecule has 0 nitrogen and oxygen atoms in total. The smallest absolute Gasteiger partial charge is 0.0438 e. The molecule has 0 heterocycles. The van der Waals surface area contributed by atoms with Crippen molar-refractivity contribution in [3.8, 4) is 0 Å². The summed E-state index contributed by atoms with van der Waals surface area (Å²) >= 11 is 0. The molecule has 1 aliphatic rings. The van der Waals surface area contributed by atoms with Gasteiger partial charge in [0.2, 0.25) is 0 Å². The van der Waals surface area contributed by atoms with Crippen molar-refractivity contribution in [3.05, 3.63) is 12.7 Å². The lowest BCUT2D eigenvalue weighted by atomic mass is 9.78. The van der Waals surface area contributed by atoms with Crippen molar-refractivity contribution in [2.24, 2.45) is 17.8 Å². The minimum atomic E-state index is 0.990. The monoisotopic (exact) mass is 258 g/mol. The molecule has 1 rings (SSSR count). The molecule has 0 radical (unpaired) electrons. The third-order valence-electron chi connectivity index (χ3n) is 2.41. The summed E-state index contributed by atoms with van der Waals surface area (Å²) in [7, 11) is 0. The molecule has 0 unspecified atom stereocenters. The first-order chi connectivity index (χ1) is 8.60. The van der Waals surface area contributed by atoms with Gasteiger partial charge in [-0.15, -0.1) is 6.58 Å². The minimum absolute atomic E-state index is 0.990. The van der Waals surface area contributed by atoms with Gasteiger partial charge >= 0.3 is 0 Å². The lowest BCUT2D eigenvalue weighted by molar-refractivity contribution is 0.233. The second-order valence-corrected chi connectivity index (χ2v) is 4.43. The Balaban J connectivity index is -0.0000000925. The van der Waals surface area contributed by atoms with Crippen LogP contribution in [0.2, 0.25) is 0 Å². The van der Waals surface area contributed by atoms with E-state index in [2.05, 4.69) is 27.4 Å². The summed E-state index contributed by atoms with van der Waals surface area (Å²) in [4.78, 5) is 0. The number of allylic oxidation sites excluding steroid dienone is 1. The van der Waals surface area contributed by atoms with Crippen LogP contribution in [-0.2, 0) is 0 Å². The summed E-state index contributed by atoms with van der Waals surface area (Å²) in [6.07, 6.45) is 6.14. The molecule has 18 heavy (non-hydrogen) atoms. The van der Waals surface area contributed by atoms with Gasteiger partial charge < -0.3 is 0 Å². The summed E-state index contributed by atoms with van der Waals surface area (Å²) in [5, 5.41) is 0. The number of hydrogen-bond acceptors (Lipinski definition) is 0. The molecular weight excluding hydrogens is 216 g/mol. The average Bonchev–Trinajstić information content (AvgIpc) is 2.36. The lowest BCUT2D eigenvalue weighted by Gasteiger charge is -2.28. The van der Waals surface area contributed by atoms with Gasteiger partial charge in [-0.05, 0) is 43.9 Å². The average molecular weight is 259 g/mol. The standard InChI is InChI=1S/C9H18.C3H6.3C2H6/c1-7-4-8(2)6-9(3)5-7;1-3-2;3*1-2/h7-9H,4-6H2,1-3H3;3H,1H2,2H3;3*1-2H3. The van der Waals surface area contributed by atoms with Crippen LogP contribution in [-0.4, -0.2) is 0 Å². The van der Waals surface area contributed by atoms with Crippen molar-refractivity contribution in [1.82, 2.24) is 0 Å². The van der Waals surface area contributed by atoms with Crippen molar-refractivity contribution in [2.45, 2.75) is 88.5 Å². The molecule has 0 aromatic rings. The van der Waals surface area contributed by atoms with Crippen LogP contribution >= 0.6 is 0 Å². The normalized spacial score (nSPS) is 24.2. The van der Waals surface area contributed by atoms with Crippen LogP contribution in [0.25, 0.3) is 0 Å². The Labute approximate surface area is 119 Å². The van der Waals surface area contributed by atoms with Crippen LogP contribution in [0, 0.1) is 17.8 Å². The van der Waals surface area contributed by atoms with Crippen molar-refractivity contribution < 1.29 is 0 Å². The predicted octanol–water partition coefficient (Wildman–Crippen LogP) is 7.35. The minimum Gasteiger partial charge on any atom is -0.103 e. The Morgan fingerprint density at radius 3 is 0.889 bits per heavy atom. The first-order valence-corrected chi connectivity index (χ1v) is 8.17. The van der Waals surface area contributed by atoms with E-state index < -0.39 is 0 Å². The summed E-state index contributed by atoms with van der Waals surface area (Å²) < 4.78 is 0. The summed E-state index contributed by atoms with van der Waals surface area (Å²) in [5.41, 5.74) is 0. The summed E-state index contributed by atoms with van der Waals surface area (Å²) in [6, 6.07) is 0. The molecule has 0 aromatic heterocycles. The molecule has 1 saturated carbocycles. The van der Waals surface area contributed by atoms with E-state index in [1.165, 1.54) is 19.3 Å². The molecule has 0 spiro atoms. The zero-order valence-electron chi connectivity index (χ0n) is 15.1. The number of rotatable bonds is 0. The van der Waals surface area contributed by atoms with Gasteiger partial charge in [0.1, 0.15) is 0 Å². The van der Waals surface area contributed by atoms with Crippen molar-refractivity contribution >= 4 is 0 Å². The maximum Gasteiger partial charge on any atom is -0.0438 e. The quantitative estimate of drug-likeness (QED) is 0.398. The van der Waals surface area contributed by atoms with Gasteiger partial charge in [0.15, 0.2) is 0 Å². The molecule has 0 bridgehead atoms. The number of hydrogen-bond donors (Lipinski definition) is 0. The Morgan fingerprint density at radius 2 is 0.778 bits per heavy atom. The third-order valence-corrected chi connectivity index (χ3v) is 2.41. The highest BCUT2D eigenvalue weighted by molar-refractivity contribution is 4.71. The fraction of sp³-hybridized carbons (Fsp3) is 0.889. The highest BCUT2D eigenvalue weighted by Gasteiger charge is 2.19. The Morgan fingerprint density at radius 1 is 0.667 bits per heavy atom. The van der Waals surface area contributed by atoms with Gasteiger partial charge in [-0.2, -0.15) is 0 Å². The van der Waals surface area contributed by atoms with Gasteiger partial charge in [0.25, 0.3) is 0 Å². The molecule has 0 N–H and O–H groups in total. The van der Waals surface area contributed by atoms with E-state index in [1.807, 2.05) is 48.5 Å². The molecule has 1 fully saturated rings. The van der Waals surface area contributed by atoms with E-state index in [0.29, 0.717) is 0 Å². The van der Waals surface area contributed by atoms with Crippen LogP contribution in [0.1, 0.15) is 88.5 Å². The molecule has 114 valence electrons. The van der Waals surface area contributed by atoms with Gasteiger partial charge in [0.05, 0.1) is 0 Å². The molecule has 0 saturated heterocycles. The maximum atomic E-state index is 3.36. The van der Waals surface area contributed by atoms with Crippen LogP contribution in [0.3, 0.4) is 0 Å². The van der Waals surface area contributed by atoms with Gasteiger partial charge in [-0.3, -0.25) is 0 Å². The fourth-order valence-corrected chi connectivity index (χ4v) is 2.35. The second-order valence-electron chi connectivity index (χ2n) is 4.43. The Bertz CT molecular complexity index is 90.2. The molecule has 0 heteroatoms. The van der Waals surface area contributed by atoms with Crippen LogP contribution in [0.15, 0.2) is 12.7 Å². The van der Waals surface area contributed by atoms with Gasteiger partial charge in [-0.25, -0.2) is 0 Å². The van der Waals surface area contributed by atoms with E-state index in [1.54, 1.807) is 6.08 Å². The SMILES string of the molecule is C=CC.CC.CC.CC.CC1CC(C)CC(C)C1. The summed E-state index contributed by atoms with van der Waals surface area (Å²) in [5.74, 6) is 2.97. The highest BCUT2D eigenvalue weighted by atomic mass is 14.3. The van der Waals surface area contributed by atoms with E-state index >= 15 is 0 Å². The lowest BCUT2D eigenvalue weighted by Crippen LogP contribution is -2.16. The Kier molecular flexibility index (Phi) is 37.4. The molecule has 0 aliphatic heterocycles. The fourth-order valence-electron chi connectivity index (χ4n) is 2.35. The zero-order valence-corrected chi connectivity index (χ0v) is 15.1. The van der Waals surface area contributed by atoms with Crippen LogP contribution < -0.4 is 0 Å². The molecule has 0 aromatic carbocycles. The predicted molar refractivity (Wildman–Crippen MR) is 91.3 cm³/mol. The van der Waals surface area contributed by atoms with E-state index in [0.717, 1.165) is 17.8 Å². The largest absolute Gasteiger partial charge is 0.103 e. The van der Waals surface area contributed by atoms with Crippen molar-refractivity contribution in [1.29, 1.82) is 0 Å². The van der Waals surface area contributed by atoms with E-state index in [-0.39, 0.29) is 0 Å². The zero-order chi connectivity index (χ0) is 15.6. The van der Waals surface area contributed by atoms with Crippen LogP contribution in [0.5, 0.6) is 0 Å². The Hall–Kier alpha value is -0.260. The molecule has 0 atom stereocenters. The first kappa shape index (κ1) is 26.3. The molecule has 0 amide bonds. The van der Waals surface area contributed by atoms with Crippen molar-refractivity contribution in [3.63, 3.8) is 0 Å². The van der Waals surface area contributed by atoms with Gasteiger partial charge in [-0.1, -0.05) is 68.4 Å². The first-order valence-electron chi connectivity index (χ1n) is 8.17. The maximum absolute atomic E-state index is 3.36. The van der Waals surface area contributed by atoms with Crippen LogP contribution in [0.4, 0.5) is 0 Å².